The third-order valence-corrected chi connectivity index (χ3v) is 5.36. The second kappa shape index (κ2) is 9.28. The molecule has 152 valence electrons. The van der Waals surface area contributed by atoms with E-state index in [4.69, 9.17) is 9.47 Å². The molecule has 0 fully saturated rings. The number of aromatic nitrogens is 1. The Morgan fingerprint density at radius 3 is 2.62 bits per heavy atom. The largest absolute Gasteiger partial charge is 0.507 e. The summed E-state index contributed by atoms with van der Waals surface area (Å²) in [6.45, 7) is 4.03. The number of aromatic hydroxyl groups is 1. The van der Waals surface area contributed by atoms with Crippen molar-refractivity contribution in [2.75, 3.05) is 14.2 Å². The molecule has 0 saturated carbocycles. The summed E-state index contributed by atoms with van der Waals surface area (Å²) in [5.74, 6) is 1.54. The normalized spacial score (nSPS) is 12.1. The zero-order chi connectivity index (χ0) is 21.0. The first-order valence-electron chi connectivity index (χ1n) is 8.92. The molecule has 3 aromatic rings. The zero-order valence-corrected chi connectivity index (χ0v) is 19.0. The molecule has 8 heteroatoms. The smallest absolute Gasteiger partial charge is 0.206 e. The summed E-state index contributed by atoms with van der Waals surface area (Å²) in [6, 6.07) is 11.0. The minimum Gasteiger partial charge on any atom is -0.507 e. The molecule has 0 bridgehead atoms. The summed E-state index contributed by atoms with van der Waals surface area (Å²) < 4.78 is 13.5. The van der Waals surface area contributed by atoms with E-state index >= 15 is 0 Å². The van der Waals surface area contributed by atoms with Gasteiger partial charge in [0.05, 0.1) is 26.1 Å². The van der Waals surface area contributed by atoms with Crippen molar-refractivity contribution in [2.24, 2.45) is 10.1 Å². The van der Waals surface area contributed by atoms with Crippen molar-refractivity contribution in [3.05, 3.63) is 56.6 Å². The van der Waals surface area contributed by atoms with Gasteiger partial charge in [0.1, 0.15) is 17.2 Å². The second-order valence-electron chi connectivity index (χ2n) is 6.45. The second-order valence-corrected chi connectivity index (χ2v) is 8.20. The molecule has 0 aliphatic carbocycles. The van der Waals surface area contributed by atoms with Crippen LogP contribution in [0.1, 0.15) is 19.4 Å². The summed E-state index contributed by atoms with van der Waals surface area (Å²) in [5.41, 5.74) is 2.30. The molecule has 0 radical (unpaired) electrons. The van der Waals surface area contributed by atoms with E-state index in [1.807, 2.05) is 37.4 Å². The number of nitrogens with zero attached hydrogens (tertiary/aromatic N) is 3. The first-order chi connectivity index (χ1) is 13.9. The molecule has 0 amide bonds. The van der Waals surface area contributed by atoms with E-state index in [0.29, 0.717) is 17.1 Å². The predicted molar refractivity (Wildman–Crippen MR) is 120 cm³/mol. The highest BCUT2D eigenvalue weighted by molar-refractivity contribution is 9.10. The number of phenolic OH excluding ortho intramolecular Hbond substituents is 1. The molecular weight excluding hydrogens is 454 g/mol. The van der Waals surface area contributed by atoms with Gasteiger partial charge >= 0.3 is 0 Å². The minimum absolute atomic E-state index is 0.111. The van der Waals surface area contributed by atoms with E-state index in [2.05, 4.69) is 26.0 Å². The van der Waals surface area contributed by atoms with Crippen LogP contribution in [0.25, 0.3) is 11.3 Å². The summed E-state index contributed by atoms with van der Waals surface area (Å²) in [5, 5.41) is 16.7. The van der Waals surface area contributed by atoms with Crippen LogP contribution in [0, 0.1) is 0 Å². The number of benzene rings is 2. The van der Waals surface area contributed by atoms with E-state index in [1.54, 1.807) is 43.3 Å². The van der Waals surface area contributed by atoms with Gasteiger partial charge in [-0.25, -0.2) is 4.68 Å². The van der Waals surface area contributed by atoms with Crippen LogP contribution in [0.4, 0.5) is 0 Å². The number of ether oxygens (including phenoxy) is 2. The van der Waals surface area contributed by atoms with Crippen LogP contribution in [-0.4, -0.2) is 36.3 Å². The third kappa shape index (κ3) is 4.89. The Morgan fingerprint density at radius 2 is 1.93 bits per heavy atom. The Morgan fingerprint density at radius 1 is 1.14 bits per heavy atom. The lowest BCUT2D eigenvalue weighted by Crippen LogP contribution is -2.14. The Kier molecular flexibility index (Phi) is 6.76. The van der Waals surface area contributed by atoms with Crippen molar-refractivity contribution in [1.82, 2.24) is 4.68 Å². The van der Waals surface area contributed by atoms with Crippen LogP contribution in [0.15, 0.2) is 56.3 Å². The van der Waals surface area contributed by atoms with Gasteiger partial charge in [-0.15, -0.1) is 11.3 Å². The molecular formula is C21H22BrN3O3S. The van der Waals surface area contributed by atoms with Crippen molar-refractivity contribution in [3.8, 4) is 28.5 Å². The molecule has 0 atom stereocenters. The van der Waals surface area contributed by atoms with Crippen molar-refractivity contribution in [1.29, 1.82) is 0 Å². The minimum atomic E-state index is 0.111. The van der Waals surface area contributed by atoms with Gasteiger partial charge in [0, 0.05) is 33.1 Å². The van der Waals surface area contributed by atoms with Crippen LogP contribution < -0.4 is 14.3 Å². The Bertz CT molecular complexity index is 1100. The number of rotatable bonds is 6. The lowest BCUT2D eigenvalue weighted by molar-refractivity contribution is 0.395. The number of hydrogen-bond acceptors (Lipinski definition) is 6. The monoisotopic (exact) mass is 475 g/mol. The van der Waals surface area contributed by atoms with E-state index in [9.17, 15) is 5.11 Å². The van der Waals surface area contributed by atoms with Crippen LogP contribution in [0.5, 0.6) is 17.2 Å². The van der Waals surface area contributed by atoms with Gasteiger partial charge in [0.25, 0.3) is 0 Å². The van der Waals surface area contributed by atoms with Crippen molar-refractivity contribution in [2.45, 2.75) is 19.9 Å². The number of thiazole rings is 1. The standard InChI is InChI=1S/C21H22BrN3O3S/c1-13(2)24-21-25(23-11-14-9-15(22)5-8-19(14)26)18(12-29-21)17-7-6-16(27-3)10-20(17)28-4/h5-13,26H,1-4H3. The number of methoxy groups -OCH3 is 2. The number of halogens is 1. The first kappa shape index (κ1) is 21.1. The number of hydrogen-bond donors (Lipinski definition) is 1. The molecule has 1 heterocycles. The van der Waals surface area contributed by atoms with Crippen molar-refractivity contribution < 1.29 is 14.6 Å². The maximum atomic E-state index is 10.1. The SMILES string of the molecule is COc1ccc(-c2csc(=NC(C)C)n2N=Cc2cc(Br)ccc2O)c(OC)c1. The molecule has 29 heavy (non-hydrogen) atoms. The maximum Gasteiger partial charge on any atom is 0.206 e. The molecule has 0 spiro atoms. The third-order valence-electron chi connectivity index (χ3n) is 4.04. The quantitative estimate of drug-likeness (QED) is 0.515. The molecule has 0 aliphatic heterocycles. The van der Waals surface area contributed by atoms with Crippen molar-refractivity contribution in [3.63, 3.8) is 0 Å². The molecule has 1 aromatic heterocycles. The average Bonchev–Trinajstić information content (AvgIpc) is 3.09. The predicted octanol–water partition coefficient (Wildman–Crippen LogP) is 4.89. The Hall–Kier alpha value is -2.58. The molecule has 3 rings (SSSR count). The topological polar surface area (TPSA) is 68.3 Å². The van der Waals surface area contributed by atoms with Crippen molar-refractivity contribution >= 4 is 33.5 Å². The van der Waals surface area contributed by atoms with E-state index < -0.39 is 0 Å². The highest BCUT2D eigenvalue weighted by Gasteiger charge is 2.14. The fraction of sp³-hybridized carbons (Fsp3) is 0.238. The molecule has 0 saturated heterocycles. The lowest BCUT2D eigenvalue weighted by Gasteiger charge is -2.11. The molecule has 0 unspecified atom stereocenters. The summed E-state index contributed by atoms with van der Waals surface area (Å²) >= 11 is 4.92. The van der Waals surface area contributed by atoms with Gasteiger partial charge in [0.2, 0.25) is 4.80 Å². The zero-order valence-electron chi connectivity index (χ0n) is 16.6. The summed E-state index contributed by atoms with van der Waals surface area (Å²) in [7, 11) is 3.24. The Labute approximate surface area is 181 Å². The van der Waals surface area contributed by atoms with Crippen LogP contribution in [-0.2, 0) is 0 Å². The average molecular weight is 476 g/mol. The van der Waals surface area contributed by atoms with Gasteiger partial charge < -0.3 is 14.6 Å². The Balaban J connectivity index is 2.17. The molecule has 6 nitrogen and oxygen atoms in total. The first-order valence-corrected chi connectivity index (χ1v) is 10.6. The summed E-state index contributed by atoms with van der Waals surface area (Å²) in [4.78, 5) is 5.43. The van der Waals surface area contributed by atoms with Crippen LogP contribution in [0.3, 0.4) is 0 Å². The maximum absolute atomic E-state index is 10.1. The number of phenols is 1. The fourth-order valence-corrected chi connectivity index (χ4v) is 4.01. The van der Waals surface area contributed by atoms with E-state index in [0.717, 1.165) is 20.5 Å². The van der Waals surface area contributed by atoms with Crippen LogP contribution >= 0.6 is 27.3 Å². The van der Waals surface area contributed by atoms with Gasteiger partial charge in [-0.1, -0.05) is 15.9 Å². The highest BCUT2D eigenvalue weighted by atomic mass is 79.9. The molecule has 1 N–H and O–H groups in total. The highest BCUT2D eigenvalue weighted by Crippen LogP contribution is 2.33. The van der Waals surface area contributed by atoms with E-state index in [1.165, 1.54) is 11.3 Å². The summed E-state index contributed by atoms with van der Waals surface area (Å²) in [6.07, 6.45) is 1.62. The van der Waals surface area contributed by atoms with Crippen LogP contribution in [0.2, 0.25) is 0 Å². The van der Waals surface area contributed by atoms with Gasteiger partial charge in [-0.05, 0) is 44.2 Å². The van der Waals surface area contributed by atoms with E-state index in [-0.39, 0.29) is 11.8 Å². The molecule has 0 aliphatic rings. The van der Waals surface area contributed by atoms with Gasteiger partial charge in [-0.3, -0.25) is 4.99 Å². The lowest BCUT2D eigenvalue weighted by atomic mass is 10.1. The fourth-order valence-electron chi connectivity index (χ4n) is 2.67. The van der Waals surface area contributed by atoms with Gasteiger partial charge in [-0.2, -0.15) is 5.10 Å². The van der Waals surface area contributed by atoms with Gasteiger partial charge in [0.15, 0.2) is 0 Å². The molecule has 2 aromatic carbocycles.